The fourth-order valence-corrected chi connectivity index (χ4v) is 1.41. The van der Waals surface area contributed by atoms with Crippen molar-refractivity contribution >= 4 is 0 Å². The van der Waals surface area contributed by atoms with E-state index in [4.69, 9.17) is 9.47 Å². The van der Waals surface area contributed by atoms with Crippen LogP contribution in [0.15, 0.2) is 6.20 Å². The molecule has 0 unspecified atom stereocenters. The number of nitrogens with one attached hydrogen (secondary N) is 1. The molecule has 0 amide bonds. The van der Waals surface area contributed by atoms with E-state index in [0.717, 1.165) is 12.2 Å². The van der Waals surface area contributed by atoms with Gasteiger partial charge in [0.25, 0.3) is 0 Å². The van der Waals surface area contributed by atoms with Crippen molar-refractivity contribution in [2.45, 2.75) is 19.8 Å². The summed E-state index contributed by atoms with van der Waals surface area (Å²) >= 11 is 0. The number of nitrogens with zero attached hydrogens (tertiary/aromatic N) is 2. The lowest BCUT2D eigenvalue weighted by atomic mass is 10.2. The molecule has 0 bridgehead atoms. The Morgan fingerprint density at radius 3 is 2.60 bits per heavy atom. The zero-order valence-electron chi connectivity index (χ0n) is 9.78. The van der Waals surface area contributed by atoms with Gasteiger partial charge in [-0.15, -0.1) is 0 Å². The molecule has 0 aliphatic heterocycles. The first kappa shape index (κ1) is 12.2. The fraction of sp³-hybridized carbons (Fsp3) is 0.700. The van der Waals surface area contributed by atoms with Gasteiger partial charge in [-0.25, -0.2) is 0 Å². The second kappa shape index (κ2) is 5.85. The van der Waals surface area contributed by atoms with Crippen LogP contribution < -0.4 is 5.32 Å². The van der Waals surface area contributed by atoms with Crippen molar-refractivity contribution in [3.63, 3.8) is 0 Å². The second-order valence-corrected chi connectivity index (χ2v) is 3.45. The minimum absolute atomic E-state index is 0.193. The normalized spacial score (nSPS) is 11.3. The molecule has 0 radical (unpaired) electrons. The van der Waals surface area contributed by atoms with Crippen molar-refractivity contribution in [3.8, 4) is 0 Å². The SMILES string of the molecule is COC(CNCc1cn(C)nc1C)OC. The van der Waals surface area contributed by atoms with E-state index in [1.165, 1.54) is 5.56 Å². The summed E-state index contributed by atoms with van der Waals surface area (Å²) in [5.41, 5.74) is 2.25. The van der Waals surface area contributed by atoms with Crippen LogP contribution in [-0.2, 0) is 23.1 Å². The number of aromatic nitrogens is 2. The van der Waals surface area contributed by atoms with Crippen LogP contribution in [0.1, 0.15) is 11.3 Å². The van der Waals surface area contributed by atoms with Crippen LogP contribution in [0.2, 0.25) is 0 Å². The standard InChI is InChI=1S/C10H19N3O2/c1-8-9(7-13(2)12-8)5-11-6-10(14-3)15-4/h7,10-11H,5-6H2,1-4H3. The summed E-state index contributed by atoms with van der Waals surface area (Å²) in [7, 11) is 5.18. The van der Waals surface area contributed by atoms with Crippen molar-refractivity contribution < 1.29 is 9.47 Å². The monoisotopic (exact) mass is 213 g/mol. The molecule has 0 aliphatic carbocycles. The highest BCUT2D eigenvalue weighted by molar-refractivity contribution is 5.14. The summed E-state index contributed by atoms with van der Waals surface area (Å²) < 4.78 is 12.0. The van der Waals surface area contributed by atoms with Gasteiger partial charge in [0.05, 0.1) is 5.69 Å². The maximum absolute atomic E-state index is 5.07. The first-order valence-electron chi connectivity index (χ1n) is 4.92. The van der Waals surface area contributed by atoms with E-state index in [9.17, 15) is 0 Å². The highest BCUT2D eigenvalue weighted by Gasteiger charge is 2.06. The maximum Gasteiger partial charge on any atom is 0.169 e. The van der Waals surface area contributed by atoms with Crippen molar-refractivity contribution in [2.24, 2.45) is 7.05 Å². The molecule has 86 valence electrons. The van der Waals surface area contributed by atoms with Gasteiger partial charge in [0.15, 0.2) is 6.29 Å². The lowest BCUT2D eigenvalue weighted by Gasteiger charge is -2.13. The first-order valence-corrected chi connectivity index (χ1v) is 4.92. The van der Waals surface area contributed by atoms with E-state index < -0.39 is 0 Å². The van der Waals surface area contributed by atoms with Gasteiger partial charge in [0, 0.05) is 46.1 Å². The molecule has 1 aromatic rings. The number of hydrogen-bond donors (Lipinski definition) is 1. The summed E-state index contributed by atoms with van der Waals surface area (Å²) in [6.45, 7) is 3.45. The van der Waals surface area contributed by atoms with Crippen molar-refractivity contribution in [3.05, 3.63) is 17.5 Å². The number of ether oxygens (including phenoxy) is 2. The smallest absolute Gasteiger partial charge is 0.169 e. The molecular formula is C10H19N3O2. The van der Waals surface area contributed by atoms with Gasteiger partial charge in [-0.3, -0.25) is 4.68 Å². The molecule has 0 atom stereocenters. The zero-order valence-corrected chi connectivity index (χ0v) is 9.78. The van der Waals surface area contributed by atoms with Crippen LogP contribution in [0.4, 0.5) is 0 Å². The quantitative estimate of drug-likeness (QED) is 0.696. The molecule has 0 fully saturated rings. The molecule has 0 saturated carbocycles. The van der Waals surface area contributed by atoms with E-state index in [1.54, 1.807) is 14.2 Å². The zero-order chi connectivity index (χ0) is 11.3. The van der Waals surface area contributed by atoms with E-state index in [-0.39, 0.29) is 6.29 Å². The Hall–Kier alpha value is -0.910. The van der Waals surface area contributed by atoms with Gasteiger partial charge in [-0.2, -0.15) is 5.10 Å². The molecular weight excluding hydrogens is 194 g/mol. The predicted octanol–water partition coefficient (Wildman–Crippen LogP) is 0.437. The Labute approximate surface area is 90.4 Å². The maximum atomic E-state index is 5.07. The Kier molecular flexibility index (Phi) is 4.74. The molecule has 1 heterocycles. The third-order valence-corrected chi connectivity index (χ3v) is 2.27. The number of methoxy groups -OCH3 is 2. The Morgan fingerprint density at radius 1 is 1.47 bits per heavy atom. The molecule has 0 aromatic carbocycles. The van der Waals surface area contributed by atoms with Gasteiger partial charge in [-0.05, 0) is 6.92 Å². The largest absolute Gasteiger partial charge is 0.355 e. The first-order chi connectivity index (χ1) is 7.17. The van der Waals surface area contributed by atoms with Crippen LogP contribution in [0.5, 0.6) is 0 Å². The molecule has 1 N–H and O–H groups in total. The summed E-state index contributed by atoms with van der Waals surface area (Å²) in [5.74, 6) is 0. The Balaban J connectivity index is 2.34. The molecule has 1 rings (SSSR count). The average Bonchev–Trinajstić information content (AvgIpc) is 2.52. The Bertz CT molecular complexity index is 295. The minimum atomic E-state index is -0.193. The van der Waals surface area contributed by atoms with Gasteiger partial charge in [0.2, 0.25) is 0 Å². The van der Waals surface area contributed by atoms with Gasteiger partial charge >= 0.3 is 0 Å². The molecule has 0 spiro atoms. The summed E-state index contributed by atoms with van der Waals surface area (Å²) in [6, 6.07) is 0. The fourth-order valence-electron chi connectivity index (χ4n) is 1.41. The van der Waals surface area contributed by atoms with Gasteiger partial charge in [-0.1, -0.05) is 0 Å². The topological polar surface area (TPSA) is 48.3 Å². The molecule has 15 heavy (non-hydrogen) atoms. The predicted molar refractivity (Wildman–Crippen MR) is 57.5 cm³/mol. The van der Waals surface area contributed by atoms with Gasteiger partial charge in [0.1, 0.15) is 0 Å². The van der Waals surface area contributed by atoms with E-state index in [1.807, 2.05) is 24.9 Å². The molecule has 1 aromatic heterocycles. The average molecular weight is 213 g/mol. The molecule has 0 aliphatic rings. The Morgan fingerprint density at radius 2 is 2.13 bits per heavy atom. The van der Waals surface area contributed by atoms with Crippen LogP contribution >= 0.6 is 0 Å². The van der Waals surface area contributed by atoms with Crippen LogP contribution in [0, 0.1) is 6.92 Å². The summed E-state index contributed by atoms with van der Waals surface area (Å²) in [5, 5.41) is 7.52. The highest BCUT2D eigenvalue weighted by atomic mass is 16.7. The van der Waals surface area contributed by atoms with E-state index in [0.29, 0.717) is 6.54 Å². The molecule has 5 heteroatoms. The second-order valence-electron chi connectivity index (χ2n) is 3.45. The van der Waals surface area contributed by atoms with Crippen LogP contribution in [-0.4, -0.2) is 36.8 Å². The van der Waals surface area contributed by atoms with E-state index >= 15 is 0 Å². The highest BCUT2D eigenvalue weighted by Crippen LogP contribution is 2.03. The summed E-state index contributed by atoms with van der Waals surface area (Å²) in [6.07, 6.45) is 1.82. The van der Waals surface area contributed by atoms with E-state index in [2.05, 4.69) is 10.4 Å². The van der Waals surface area contributed by atoms with Crippen molar-refractivity contribution in [2.75, 3.05) is 20.8 Å². The van der Waals surface area contributed by atoms with Crippen LogP contribution in [0.3, 0.4) is 0 Å². The number of hydrogen-bond acceptors (Lipinski definition) is 4. The molecule has 5 nitrogen and oxygen atoms in total. The molecule has 0 saturated heterocycles. The summed E-state index contributed by atoms with van der Waals surface area (Å²) in [4.78, 5) is 0. The van der Waals surface area contributed by atoms with Crippen molar-refractivity contribution in [1.82, 2.24) is 15.1 Å². The number of rotatable bonds is 6. The number of aryl methyl sites for hydroxylation is 2. The lowest BCUT2D eigenvalue weighted by molar-refractivity contribution is -0.0989. The third kappa shape index (κ3) is 3.62. The minimum Gasteiger partial charge on any atom is -0.355 e. The van der Waals surface area contributed by atoms with Gasteiger partial charge < -0.3 is 14.8 Å². The van der Waals surface area contributed by atoms with Crippen LogP contribution in [0.25, 0.3) is 0 Å². The lowest BCUT2D eigenvalue weighted by Crippen LogP contribution is -2.29. The third-order valence-electron chi connectivity index (χ3n) is 2.27. The van der Waals surface area contributed by atoms with Crippen molar-refractivity contribution in [1.29, 1.82) is 0 Å².